The minimum absolute atomic E-state index is 0. The molecule has 0 aliphatic heterocycles. The summed E-state index contributed by atoms with van der Waals surface area (Å²) < 4.78 is 62.2. The molecule has 2 saturated carbocycles. The van der Waals surface area contributed by atoms with Crippen LogP contribution in [-0.4, -0.2) is 58.5 Å². The summed E-state index contributed by atoms with van der Waals surface area (Å²) in [4.78, 5) is 0. The van der Waals surface area contributed by atoms with Crippen molar-refractivity contribution in [3.05, 3.63) is 39.7 Å². The van der Waals surface area contributed by atoms with E-state index in [0.29, 0.717) is 47.1 Å². The Bertz CT molecular complexity index is 1040. The van der Waals surface area contributed by atoms with E-state index in [2.05, 4.69) is 136 Å². The Morgan fingerprint density at radius 2 is 0.968 bits per heavy atom. The summed E-state index contributed by atoms with van der Waals surface area (Å²) in [7, 11) is -2.94. The molecule has 2 fully saturated rings. The van der Waals surface area contributed by atoms with Crippen LogP contribution in [-0.2, 0) is 40.6 Å². The van der Waals surface area contributed by atoms with Gasteiger partial charge in [-0.05, 0) is 121 Å². The van der Waals surface area contributed by atoms with Gasteiger partial charge in [0.25, 0.3) is 5.92 Å². The van der Waals surface area contributed by atoms with Crippen molar-refractivity contribution in [3.8, 4) is 0 Å². The number of nitrogens with one attached hydrogen (secondary N) is 1. The second-order valence-electron chi connectivity index (χ2n) is 20.8. The van der Waals surface area contributed by atoms with Gasteiger partial charge < -0.3 is 24.3 Å². The van der Waals surface area contributed by atoms with Crippen molar-refractivity contribution >= 4 is 18.4 Å². The van der Waals surface area contributed by atoms with Crippen LogP contribution in [0.25, 0.3) is 0 Å². The van der Waals surface area contributed by atoms with Crippen molar-refractivity contribution in [2.45, 2.75) is 259 Å². The van der Waals surface area contributed by atoms with E-state index in [1.165, 1.54) is 33.1 Å². The maximum atomic E-state index is 12.9. The van der Waals surface area contributed by atoms with Crippen LogP contribution in [0.5, 0.6) is 0 Å². The summed E-state index contributed by atoms with van der Waals surface area (Å²) in [5.74, 6) is -0.389. The van der Waals surface area contributed by atoms with Gasteiger partial charge in [0.05, 0.1) is 29.7 Å². The van der Waals surface area contributed by atoms with Gasteiger partial charge in [0.1, 0.15) is 0 Å². The Hall–Kier alpha value is -0.0768. The standard InChI is InChI=1S/C11H22O2.C10H18F2.C8H18.C6H13NO2S.2C5H12.C5H10.2CH3.B.W/c1-8(2)12-10-6-5-7-11(10)13-9(3)4;1-8(2)6-5-7-10(11,12)9(3)4;1-7(2,3)8(4,5)6;1-5(2)7-10(8,9)6-3-4-6;3*1-4-5(2)3;;;;/h8-11H,5-7H2,1-4H3;5,7-9H,6H2,1-4H3;1-6H3;5-7H,3-4H2,1-2H3;2*5H,4H2,1-3H3;4-5H,1H2,2-3H3;2*1H3;;/q;;;;;;;2*-1;;+2/b;7-5+;;;;;;;;;/t10-,11-;;;;;;;;;;/m1........../s1. The molecule has 0 spiro atoms. The quantitative estimate of drug-likeness (QED) is 0.107. The summed E-state index contributed by atoms with van der Waals surface area (Å²) in [5.41, 5.74) is 0.875. The van der Waals surface area contributed by atoms with Gasteiger partial charge in [-0.15, -0.1) is 6.58 Å². The fourth-order valence-electron chi connectivity index (χ4n) is 3.40. The van der Waals surface area contributed by atoms with Gasteiger partial charge >= 0.3 is 21.1 Å². The van der Waals surface area contributed by atoms with Crippen LogP contribution in [0.2, 0.25) is 0 Å². The second kappa shape index (κ2) is 43.5. The molecule has 0 aromatic rings. The Morgan fingerprint density at radius 3 is 1.15 bits per heavy atom. The molecule has 62 heavy (non-hydrogen) atoms. The van der Waals surface area contributed by atoms with Gasteiger partial charge in [-0.25, -0.2) is 21.9 Å². The zero-order valence-electron chi connectivity index (χ0n) is 46.2. The van der Waals surface area contributed by atoms with E-state index < -0.39 is 21.9 Å². The van der Waals surface area contributed by atoms with Crippen LogP contribution < -0.4 is 4.72 Å². The van der Waals surface area contributed by atoms with Crippen LogP contribution in [0.1, 0.15) is 218 Å². The second-order valence-corrected chi connectivity index (χ2v) is 22.8. The van der Waals surface area contributed by atoms with Crippen molar-refractivity contribution in [1.82, 2.24) is 4.72 Å². The Labute approximate surface area is 408 Å². The van der Waals surface area contributed by atoms with Gasteiger partial charge in [0.2, 0.25) is 10.0 Å². The zero-order chi connectivity index (χ0) is 47.3. The first-order valence-electron chi connectivity index (χ1n) is 23.0. The number of ether oxygens (including phenoxy) is 2. The molecule has 377 valence electrons. The third-order valence-corrected chi connectivity index (χ3v) is 11.9. The average molecular weight is 1080 g/mol. The van der Waals surface area contributed by atoms with Crippen LogP contribution in [0.4, 0.5) is 8.78 Å². The molecule has 0 unspecified atom stereocenters. The maximum Gasteiger partial charge on any atom is 2.00 e. The number of sulfonamides is 1. The Morgan fingerprint density at radius 1 is 0.661 bits per heavy atom. The molecule has 0 heterocycles. The van der Waals surface area contributed by atoms with Crippen LogP contribution in [0, 0.1) is 55.3 Å². The number of allylic oxidation sites excluding steroid dienone is 3. The normalized spacial score (nSPS) is 16.0. The van der Waals surface area contributed by atoms with Crippen LogP contribution in [0.15, 0.2) is 24.8 Å². The first-order chi connectivity index (χ1) is 26.0. The fourth-order valence-corrected chi connectivity index (χ4v) is 5.00. The molecular weight excluding hydrogens is 967 g/mol. The van der Waals surface area contributed by atoms with Crippen molar-refractivity contribution in [2.75, 3.05) is 0 Å². The number of hydrogen-bond donors (Lipinski definition) is 1. The topological polar surface area (TPSA) is 64.6 Å². The molecule has 3 radical (unpaired) electrons. The van der Waals surface area contributed by atoms with Crippen LogP contribution >= 0.6 is 0 Å². The largest absolute Gasteiger partial charge is 2.00 e. The average Bonchev–Trinajstić information content (AvgIpc) is 3.83. The molecule has 2 aliphatic rings. The van der Waals surface area contributed by atoms with E-state index in [4.69, 9.17) is 9.47 Å². The fraction of sp³-hybridized carbons (Fsp3) is 0.885. The Kier molecular flexibility index (Phi) is 57.6. The third kappa shape index (κ3) is 57.9. The smallest absolute Gasteiger partial charge is 0.373 e. The predicted molar refractivity (Wildman–Crippen MR) is 275 cm³/mol. The molecule has 2 rings (SSSR count). The molecule has 1 N–H and O–H groups in total. The summed E-state index contributed by atoms with van der Waals surface area (Å²) in [6.45, 7) is 53.8. The first kappa shape index (κ1) is 82.1. The van der Waals surface area contributed by atoms with Gasteiger partial charge in [-0.3, -0.25) is 0 Å². The maximum absolute atomic E-state index is 12.9. The molecular formula is C52H111BF2NO4SW. The molecule has 0 aromatic heterocycles. The molecule has 0 bridgehead atoms. The summed E-state index contributed by atoms with van der Waals surface area (Å²) in [6, 6.07) is 0.0330. The zero-order valence-corrected chi connectivity index (χ0v) is 50.0. The van der Waals surface area contributed by atoms with E-state index in [9.17, 15) is 17.2 Å². The molecule has 10 heteroatoms. The van der Waals surface area contributed by atoms with Crippen LogP contribution in [0.3, 0.4) is 0 Å². The minimum atomic E-state index is -2.94. The van der Waals surface area contributed by atoms with Gasteiger partial charge in [-0.1, -0.05) is 150 Å². The van der Waals surface area contributed by atoms with E-state index in [1.54, 1.807) is 6.08 Å². The number of halogens is 2. The minimum Gasteiger partial charge on any atom is -0.373 e. The van der Waals surface area contributed by atoms with Crippen molar-refractivity contribution in [1.29, 1.82) is 0 Å². The summed E-state index contributed by atoms with van der Waals surface area (Å²) in [6.07, 6.45) is 14.4. The van der Waals surface area contributed by atoms with Crippen molar-refractivity contribution in [3.63, 3.8) is 0 Å². The van der Waals surface area contributed by atoms with E-state index in [0.717, 1.165) is 50.0 Å². The van der Waals surface area contributed by atoms with E-state index >= 15 is 0 Å². The summed E-state index contributed by atoms with van der Waals surface area (Å²) >= 11 is 0. The molecule has 0 amide bonds. The Balaban J connectivity index is -0.0000000771. The van der Waals surface area contributed by atoms with Crippen molar-refractivity contribution < 1.29 is 47.7 Å². The van der Waals surface area contributed by atoms with E-state index in [1.807, 2.05) is 33.8 Å². The third-order valence-electron chi connectivity index (χ3n) is 9.72. The van der Waals surface area contributed by atoms with Gasteiger partial charge in [-0.2, -0.15) is 0 Å². The number of rotatable bonds is 14. The number of hydrogen-bond acceptors (Lipinski definition) is 4. The molecule has 0 saturated heterocycles. The van der Waals surface area contributed by atoms with E-state index in [-0.39, 0.29) is 55.6 Å². The molecule has 5 nitrogen and oxygen atoms in total. The number of alkyl halides is 2. The van der Waals surface area contributed by atoms with Gasteiger partial charge in [0, 0.05) is 20.4 Å². The SMILES string of the molecule is C=CC(C)C.CC(C)(C)C(C)(C)C.CC(C)C/C=C/C(F)(F)C(C)C.CC(C)NS(=O)(=O)C1CC1.CC(C)O[C@@H]1CCC[C@H]1OC(C)C.CCC(C)C.CCC(C)C.[B].[CH3-].[CH3-].[W+2]. The van der Waals surface area contributed by atoms with Crippen molar-refractivity contribution in [2.24, 2.45) is 40.4 Å². The first-order valence-corrected chi connectivity index (χ1v) is 24.6. The molecule has 0 aromatic carbocycles. The predicted octanol–water partition coefficient (Wildman–Crippen LogP) is 16.6. The summed E-state index contributed by atoms with van der Waals surface area (Å²) in [5, 5.41) is -0.0881. The molecule has 2 aliphatic carbocycles. The molecule has 2 atom stereocenters. The van der Waals surface area contributed by atoms with Gasteiger partial charge in [0.15, 0.2) is 0 Å². The monoisotopic (exact) mass is 1080 g/mol.